The number of fused-ring (bicyclic) bond motifs is 1. The van der Waals surface area contributed by atoms with Crippen LogP contribution in [0.2, 0.25) is 0 Å². The maximum atomic E-state index is 12.3. The highest BCUT2D eigenvalue weighted by atomic mass is 32.1. The van der Waals surface area contributed by atoms with E-state index in [-0.39, 0.29) is 5.78 Å². The maximum absolute atomic E-state index is 12.3. The number of hydrogen-bond acceptors (Lipinski definition) is 2. The lowest BCUT2D eigenvalue weighted by Gasteiger charge is -2.06. The molecule has 3 rings (SSSR count). The van der Waals surface area contributed by atoms with Crippen molar-refractivity contribution in [3.63, 3.8) is 0 Å². The van der Waals surface area contributed by atoms with Crippen LogP contribution in [0.15, 0.2) is 53.9 Å². The smallest absolute Gasteiger partial charge is 0.168 e. The van der Waals surface area contributed by atoms with Crippen molar-refractivity contribution in [3.8, 4) is 0 Å². The van der Waals surface area contributed by atoms with E-state index in [0.29, 0.717) is 6.42 Å². The number of aryl methyl sites for hydroxylation is 1. The molecule has 19 heavy (non-hydrogen) atoms. The summed E-state index contributed by atoms with van der Waals surface area (Å²) in [6.45, 7) is 2.00. The van der Waals surface area contributed by atoms with Crippen molar-refractivity contribution in [2.45, 2.75) is 13.3 Å². The average molecular weight is 266 g/mol. The van der Waals surface area contributed by atoms with Gasteiger partial charge in [-0.15, -0.1) is 11.3 Å². The van der Waals surface area contributed by atoms with Crippen LogP contribution in [-0.4, -0.2) is 5.78 Å². The Hall–Kier alpha value is -1.93. The van der Waals surface area contributed by atoms with Crippen LogP contribution in [-0.2, 0) is 6.42 Å². The Morgan fingerprint density at radius 2 is 1.84 bits per heavy atom. The van der Waals surface area contributed by atoms with Gasteiger partial charge in [-0.3, -0.25) is 4.79 Å². The zero-order chi connectivity index (χ0) is 13.2. The first-order valence-electron chi connectivity index (χ1n) is 6.29. The van der Waals surface area contributed by atoms with Gasteiger partial charge < -0.3 is 0 Å². The summed E-state index contributed by atoms with van der Waals surface area (Å²) < 4.78 is 0. The molecule has 2 aromatic carbocycles. The molecule has 1 heterocycles. The van der Waals surface area contributed by atoms with Crippen LogP contribution in [0.3, 0.4) is 0 Å². The minimum atomic E-state index is 0.204. The number of thiophene rings is 1. The third-order valence-electron chi connectivity index (χ3n) is 3.39. The fourth-order valence-corrected chi connectivity index (χ4v) is 3.11. The Bertz CT molecular complexity index is 734. The van der Waals surface area contributed by atoms with Crippen molar-refractivity contribution in [2.75, 3.05) is 0 Å². The summed E-state index contributed by atoms with van der Waals surface area (Å²) in [7, 11) is 0. The Labute approximate surface area is 116 Å². The highest BCUT2D eigenvalue weighted by Gasteiger charge is 2.12. The zero-order valence-electron chi connectivity index (χ0n) is 10.7. The van der Waals surface area contributed by atoms with Gasteiger partial charge >= 0.3 is 0 Å². The molecule has 0 amide bonds. The molecule has 0 aliphatic heterocycles. The first-order chi connectivity index (χ1) is 9.25. The Morgan fingerprint density at radius 3 is 2.63 bits per heavy atom. The van der Waals surface area contributed by atoms with Gasteiger partial charge in [0.2, 0.25) is 0 Å². The molecular formula is C17H14OS. The molecule has 1 aromatic heterocycles. The average Bonchev–Trinajstić information content (AvgIpc) is 2.85. The van der Waals surface area contributed by atoms with Gasteiger partial charge in [-0.2, -0.15) is 0 Å². The third kappa shape index (κ3) is 2.32. The molecular weight excluding hydrogens is 252 g/mol. The minimum absolute atomic E-state index is 0.204. The van der Waals surface area contributed by atoms with Crippen LogP contribution in [0.4, 0.5) is 0 Å². The monoisotopic (exact) mass is 266 g/mol. The van der Waals surface area contributed by atoms with E-state index in [1.165, 1.54) is 10.8 Å². The zero-order valence-corrected chi connectivity index (χ0v) is 11.5. The Balaban J connectivity index is 1.98. The van der Waals surface area contributed by atoms with Crippen LogP contribution in [0.1, 0.15) is 20.8 Å². The molecule has 2 heteroatoms. The topological polar surface area (TPSA) is 17.1 Å². The number of ketones is 1. The lowest BCUT2D eigenvalue weighted by molar-refractivity contribution is 0.0993. The van der Waals surface area contributed by atoms with E-state index < -0.39 is 0 Å². The van der Waals surface area contributed by atoms with Crippen LogP contribution in [0.5, 0.6) is 0 Å². The van der Waals surface area contributed by atoms with Gasteiger partial charge in [0, 0.05) is 16.9 Å². The summed E-state index contributed by atoms with van der Waals surface area (Å²) in [6, 6.07) is 16.3. The number of carbonyl (C=O) groups excluding carboxylic acids is 1. The standard InChI is InChI=1S/C17H14OS/c1-12-15(9-10-19-12)17(18)11-14-7-4-6-13-5-2-3-8-16(13)14/h2-10H,11H2,1H3. The Morgan fingerprint density at radius 1 is 1.05 bits per heavy atom. The fourth-order valence-electron chi connectivity index (χ4n) is 2.39. The van der Waals surface area contributed by atoms with Gasteiger partial charge in [0.1, 0.15) is 0 Å². The van der Waals surface area contributed by atoms with E-state index >= 15 is 0 Å². The number of rotatable bonds is 3. The lowest BCUT2D eigenvalue weighted by Crippen LogP contribution is -2.04. The van der Waals surface area contributed by atoms with Crippen molar-refractivity contribution >= 4 is 27.9 Å². The molecule has 0 bridgehead atoms. The first kappa shape index (κ1) is 12.1. The molecule has 94 valence electrons. The van der Waals surface area contributed by atoms with Crippen molar-refractivity contribution < 1.29 is 4.79 Å². The fraction of sp³-hybridized carbons (Fsp3) is 0.118. The molecule has 3 aromatic rings. The molecule has 0 N–H and O–H groups in total. The Kier molecular flexibility index (Phi) is 3.18. The van der Waals surface area contributed by atoms with Gasteiger partial charge in [0.25, 0.3) is 0 Å². The molecule has 0 radical (unpaired) electrons. The van der Waals surface area contributed by atoms with Crippen LogP contribution < -0.4 is 0 Å². The summed E-state index contributed by atoms with van der Waals surface area (Å²) in [5, 5.41) is 4.34. The number of carbonyl (C=O) groups is 1. The number of hydrogen-bond donors (Lipinski definition) is 0. The van der Waals surface area contributed by atoms with E-state index in [1.54, 1.807) is 11.3 Å². The predicted molar refractivity (Wildman–Crippen MR) is 81.0 cm³/mol. The van der Waals surface area contributed by atoms with Crippen LogP contribution >= 0.6 is 11.3 Å². The van der Waals surface area contributed by atoms with E-state index in [0.717, 1.165) is 16.0 Å². The molecule has 0 aliphatic rings. The molecule has 0 fully saturated rings. The molecule has 0 unspecified atom stereocenters. The number of Topliss-reactive ketones (excluding diaryl/α,β-unsaturated/α-hetero) is 1. The van der Waals surface area contributed by atoms with Crippen molar-refractivity contribution in [1.29, 1.82) is 0 Å². The predicted octanol–water partition coefficient (Wildman–Crippen LogP) is 4.64. The SMILES string of the molecule is Cc1sccc1C(=O)Cc1cccc2ccccc12. The van der Waals surface area contributed by atoms with Gasteiger partial charge in [0.05, 0.1) is 0 Å². The largest absolute Gasteiger partial charge is 0.294 e. The summed E-state index contributed by atoms with van der Waals surface area (Å²) in [6.07, 6.45) is 0.471. The quantitative estimate of drug-likeness (QED) is 0.631. The second-order valence-electron chi connectivity index (χ2n) is 4.63. The highest BCUT2D eigenvalue weighted by Crippen LogP contribution is 2.22. The van der Waals surface area contributed by atoms with Crippen molar-refractivity contribution in [2.24, 2.45) is 0 Å². The summed E-state index contributed by atoms with van der Waals surface area (Å²) in [5.41, 5.74) is 1.96. The van der Waals surface area contributed by atoms with E-state index in [1.807, 2.05) is 42.6 Å². The summed E-state index contributed by atoms with van der Waals surface area (Å²) in [4.78, 5) is 13.4. The molecule has 0 saturated heterocycles. The summed E-state index contributed by atoms with van der Waals surface area (Å²) >= 11 is 1.63. The van der Waals surface area contributed by atoms with Crippen LogP contribution in [0, 0.1) is 6.92 Å². The molecule has 0 saturated carbocycles. The first-order valence-corrected chi connectivity index (χ1v) is 7.17. The van der Waals surface area contributed by atoms with Crippen molar-refractivity contribution in [3.05, 3.63) is 69.9 Å². The maximum Gasteiger partial charge on any atom is 0.168 e. The van der Waals surface area contributed by atoms with Crippen LogP contribution in [0.25, 0.3) is 10.8 Å². The minimum Gasteiger partial charge on any atom is -0.294 e. The van der Waals surface area contributed by atoms with Crippen molar-refractivity contribution in [1.82, 2.24) is 0 Å². The van der Waals surface area contributed by atoms with E-state index in [2.05, 4.69) is 18.2 Å². The molecule has 1 nitrogen and oxygen atoms in total. The molecule has 0 atom stereocenters. The van der Waals surface area contributed by atoms with E-state index in [9.17, 15) is 4.79 Å². The van der Waals surface area contributed by atoms with Gasteiger partial charge in [-0.1, -0.05) is 42.5 Å². The second-order valence-corrected chi connectivity index (χ2v) is 5.75. The second kappa shape index (κ2) is 4.98. The molecule has 0 aliphatic carbocycles. The third-order valence-corrected chi connectivity index (χ3v) is 4.24. The van der Waals surface area contributed by atoms with Gasteiger partial charge in [-0.25, -0.2) is 0 Å². The van der Waals surface area contributed by atoms with Gasteiger partial charge in [0.15, 0.2) is 5.78 Å². The highest BCUT2D eigenvalue weighted by molar-refractivity contribution is 7.10. The van der Waals surface area contributed by atoms with Gasteiger partial charge in [-0.05, 0) is 34.7 Å². The summed E-state index contributed by atoms with van der Waals surface area (Å²) in [5.74, 6) is 0.204. The normalized spacial score (nSPS) is 10.8. The lowest BCUT2D eigenvalue weighted by atomic mass is 9.98. The molecule has 0 spiro atoms. The van der Waals surface area contributed by atoms with E-state index in [4.69, 9.17) is 0 Å². The number of benzene rings is 2.